The zero-order valence-corrected chi connectivity index (χ0v) is 8.46. The molecule has 3 nitrogen and oxygen atoms in total. The summed E-state index contributed by atoms with van der Waals surface area (Å²) < 4.78 is 18.3. The molecule has 0 atom stereocenters. The molecule has 82 valence electrons. The first-order valence-electron chi connectivity index (χ1n) is 4.82. The first kappa shape index (κ1) is 10.2. The molecule has 0 heterocycles. The first-order valence-corrected chi connectivity index (χ1v) is 4.82. The fourth-order valence-electron chi connectivity index (χ4n) is 1.54. The minimum absolute atomic E-state index is 0.160. The number of methoxy groups -OCH3 is 1. The van der Waals surface area contributed by atoms with Gasteiger partial charge in [0.1, 0.15) is 17.3 Å². The highest BCUT2D eigenvalue weighted by Crippen LogP contribution is 2.41. The molecule has 1 aromatic rings. The highest BCUT2D eigenvalue weighted by Gasteiger charge is 2.41. The zero-order chi connectivity index (χ0) is 11.1. The summed E-state index contributed by atoms with van der Waals surface area (Å²) in [6, 6.07) is 2.56. The van der Waals surface area contributed by atoms with Crippen LogP contribution in [0.2, 0.25) is 0 Å². The van der Waals surface area contributed by atoms with Crippen LogP contribution >= 0.6 is 0 Å². The van der Waals surface area contributed by atoms with Crippen molar-refractivity contribution in [1.82, 2.24) is 0 Å². The molecule has 4 heteroatoms. The first-order chi connectivity index (χ1) is 7.04. The molecule has 0 saturated heterocycles. The highest BCUT2D eigenvalue weighted by atomic mass is 19.1. The standard InChI is InChI=1S/C11H13FO3/c1-15-7-4-9(12)8(10(13)5-7)6-11(14)2-3-11/h4-5,13-14H,2-3,6H2,1H3. The summed E-state index contributed by atoms with van der Waals surface area (Å²) in [6.07, 6.45) is 1.49. The second kappa shape index (κ2) is 3.38. The molecular weight excluding hydrogens is 199 g/mol. The lowest BCUT2D eigenvalue weighted by Crippen LogP contribution is -2.12. The van der Waals surface area contributed by atoms with Crippen molar-refractivity contribution in [3.63, 3.8) is 0 Å². The molecule has 2 rings (SSSR count). The van der Waals surface area contributed by atoms with Gasteiger partial charge in [-0.3, -0.25) is 0 Å². The van der Waals surface area contributed by atoms with E-state index in [-0.39, 0.29) is 23.5 Å². The van der Waals surface area contributed by atoms with Crippen molar-refractivity contribution in [2.45, 2.75) is 24.9 Å². The Labute approximate surface area is 87.1 Å². The quantitative estimate of drug-likeness (QED) is 0.800. The Morgan fingerprint density at radius 1 is 1.47 bits per heavy atom. The van der Waals surface area contributed by atoms with Gasteiger partial charge in [-0.25, -0.2) is 4.39 Å². The second-order valence-corrected chi connectivity index (χ2v) is 4.01. The Bertz CT molecular complexity index is 362. The summed E-state index contributed by atoms with van der Waals surface area (Å²) in [7, 11) is 1.41. The lowest BCUT2D eigenvalue weighted by Gasteiger charge is -2.11. The molecule has 0 unspecified atom stereocenters. The van der Waals surface area contributed by atoms with Gasteiger partial charge in [0, 0.05) is 24.1 Å². The van der Waals surface area contributed by atoms with Crippen LogP contribution in [0.3, 0.4) is 0 Å². The maximum Gasteiger partial charge on any atom is 0.133 e. The Hall–Kier alpha value is -1.29. The van der Waals surface area contributed by atoms with E-state index in [4.69, 9.17) is 4.74 Å². The minimum atomic E-state index is -0.813. The van der Waals surface area contributed by atoms with E-state index in [1.807, 2.05) is 0 Å². The number of phenols is 1. The molecule has 15 heavy (non-hydrogen) atoms. The van der Waals surface area contributed by atoms with E-state index in [1.165, 1.54) is 19.2 Å². The molecule has 1 saturated carbocycles. The number of halogens is 1. The van der Waals surface area contributed by atoms with E-state index in [0.29, 0.717) is 12.8 Å². The van der Waals surface area contributed by atoms with Crippen LogP contribution in [0.5, 0.6) is 11.5 Å². The number of aromatic hydroxyl groups is 1. The Kier molecular flexibility index (Phi) is 2.31. The number of phenolic OH excluding ortho intramolecular Hbond substituents is 1. The van der Waals surface area contributed by atoms with Gasteiger partial charge in [-0.05, 0) is 12.8 Å². The van der Waals surface area contributed by atoms with Gasteiger partial charge in [0.15, 0.2) is 0 Å². The normalized spacial score (nSPS) is 17.5. The van der Waals surface area contributed by atoms with E-state index in [2.05, 4.69) is 0 Å². The maximum atomic E-state index is 13.5. The Morgan fingerprint density at radius 2 is 2.13 bits per heavy atom. The van der Waals surface area contributed by atoms with Gasteiger partial charge in [0.2, 0.25) is 0 Å². The van der Waals surface area contributed by atoms with Gasteiger partial charge in [0.25, 0.3) is 0 Å². The summed E-state index contributed by atoms with van der Waals surface area (Å²) >= 11 is 0. The van der Waals surface area contributed by atoms with E-state index in [0.717, 1.165) is 0 Å². The molecule has 1 aromatic carbocycles. The van der Waals surface area contributed by atoms with Gasteiger partial charge >= 0.3 is 0 Å². The van der Waals surface area contributed by atoms with Crippen molar-refractivity contribution in [2.24, 2.45) is 0 Å². The van der Waals surface area contributed by atoms with Crippen molar-refractivity contribution < 1.29 is 19.3 Å². The average Bonchev–Trinajstić information content (AvgIpc) is 2.90. The molecule has 0 amide bonds. The average molecular weight is 212 g/mol. The summed E-state index contributed by atoms with van der Waals surface area (Å²) in [5.74, 6) is -0.420. The van der Waals surface area contributed by atoms with Gasteiger partial charge < -0.3 is 14.9 Å². The fourth-order valence-corrected chi connectivity index (χ4v) is 1.54. The van der Waals surface area contributed by atoms with Crippen LogP contribution in [-0.4, -0.2) is 22.9 Å². The highest BCUT2D eigenvalue weighted by molar-refractivity contribution is 5.42. The number of rotatable bonds is 3. The zero-order valence-electron chi connectivity index (χ0n) is 8.46. The predicted molar refractivity (Wildman–Crippen MR) is 52.5 cm³/mol. The minimum Gasteiger partial charge on any atom is -0.507 e. The molecule has 1 fully saturated rings. The van der Waals surface area contributed by atoms with Crippen LogP contribution < -0.4 is 4.74 Å². The van der Waals surface area contributed by atoms with Crippen LogP contribution in [0.25, 0.3) is 0 Å². The van der Waals surface area contributed by atoms with Crippen LogP contribution in [0, 0.1) is 5.82 Å². The molecule has 1 aliphatic rings. The number of aliphatic hydroxyl groups is 1. The fraction of sp³-hybridized carbons (Fsp3) is 0.455. The third kappa shape index (κ3) is 2.04. The van der Waals surface area contributed by atoms with Gasteiger partial charge in [0.05, 0.1) is 12.7 Å². The number of hydrogen-bond donors (Lipinski definition) is 2. The molecule has 0 aromatic heterocycles. The molecule has 2 N–H and O–H groups in total. The Balaban J connectivity index is 2.30. The van der Waals surface area contributed by atoms with E-state index < -0.39 is 11.4 Å². The lowest BCUT2D eigenvalue weighted by atomic mass is 10.0. The monoisotopic (exact) mass is 212 g/mol. The number of hydrogen-bond acceptors (Lipinski definition) is 3. The predicted octanol–water partition coefficient (Wildman–Crippen LogP) is 1.61. The summed E-state index contributed by atoms with van der Waals surface area (Å²) in [4.78, 5) is 0. The van der Waals surface area contributed by atoms with Gasteiger partial charge in [-0.2, -0.15) is 0 Å². The van der Waals surface area contributed by atoms with E-state index in [9.17, 15) is 14.6 Å². The van der Waals surface area contributed by atoms with Crippen LogP contribution in [0.4, 0.5) is 4.39 Å². The van der Waals surface area contributed by atoms with Crippen LogP contribution in [0.15, 0.2) is 12.1 Å². The van der Waals surface area contributed by atoms with E-state index in [1.54, 1.807) is 0 Å². The largest absolute Gasteiger partial charge is 0.507 e. The lowest BCUT2D eigenvalue weighted by molar-refractivity contribution is 0.148. The number of ether oxygens (including phenoxy) is 1. The maximum absolute atomic E-state index is 13.5. The van der Waals surface area contributed by atoms with Crippen molar-refractivity contribution in [1.29, 1.82) is 0 Å². The van der Waals surface area contributed by atoms with Crippen molar-refractivity contribution >= 4 is 0 Å². The Morgan fingerprint density at radius 3 is 2.60 bits per heavy atom. The van der Waals surface area contributed by atoms with Crippen molar-refractivity contribution in [2.75, 3.05) is 7.11 Å². The second-order valence-electron chi connectivity index (χ2n) is 4.01. The smallest absolute Gasteiger partial charge is 0.133 e. The molecule has 0 bridgehead atoms. The summed E-state index contributed by atoms with van der Waals surface area (Å²) in [5, 5.41) is 19.2. The van der Waals surface area contributed by atoms with Crippen LogP contribution in [-0.2, 0) is 6.42 Å². The third-order valence-electron chi connectivity index (χ3n) is 2.71. The molecule has 1 aliphatic carbocycles. The summed E-state index contributed by atoms with van der Waals surface area (Å²) in [6.45, 7) is 0. The van der Waals surface area contributed by atoms with Gasteiger partial charge in [-0.15, -0.1) is 0 Å². The van der Waals surface area contributed by atoms with Gasteiger partial charge in [-0.1, -0.05) is 0 Å². The van der Waals surface area contributed by atoms with Crippen molar-refractivity contribution in [3.8, 4) is 11.5 Å². The van der Waals surface area contributed by atoms with E-state index >= 15 is 0 Å². The SMILES string of the molecule is COc1cc(O)c(CC2(O)CC2)c(F)c1. The molecule has 0 aliphatic heterocycles. The third-order valence-corrected chi connectivity index (χ3v) is 2.71. The summed E-state index contributed by atoms with van der Waals surface area (Å²) in [5.41, 5.74) is -0.650. The number of benzene rings is 1. The van der Waals surface area contributed by atoms with Crippen LogP contribution in [0.1, 0.15) is 18.4 Å². The molecular formula is C11H13FO3. The molecule has 0 radical (unpaired) electrons. The topological polar surface area (TPSA) is 49.7 Å². The molecule has 0 spiro atoms. The van der Waals surface area contributed by atoms with Crippen molar-refractivity contribution in [3.05, 3.63) is 23.5 Å².